The lowest BCUT2D eigenvalue weighted by atomic mass is 10.1. The molecule has 17 heavy (non-hydrogen) atoms. The SMILES string of the molecule is C=CC(=O)OCCCc1ccccc1[N+](=O)[O-]. The molecule has 90 valence electrons. The molecular formula is C12H13NO4. The molecule has 0 aliphatic rings. The van der Waals surface area contributed by atoms with Gasteiger partial charge in [-0.1, -0.05) is 24.8 Å². The maximum atomic E-state index is 10.7. The molecule has 0 fully saturated rings. The third kappa shape index (κ3) is 4.06. The van der Waals surface area contributed by atoms with Gasteiger partial charge in [0.15, 0.2) is 0 Å². The van der Waals surface area contributed by atoms with Crippen molar-refractivity contribution in [3.05, 3.63) is 52.6 Å². The van der Waals surface area contributed by atoms with Crippen LogP contribution in [0, 0.1) is 10.1 Å². The monoisotopic (exact) mass is 235 g/mol. The number of nitro benzene ring substituents is 1. The highest BCUT2D eigenvalue weighted by molar-refractivity contribution is 5.81. The second-order valence-corrected chi connectivity index (χ2v) is 3.36. The first kappa shape index (κ1) is 12.9. The van der Waals surface area contributed by atoms with Crippen molar-refractivity contribution < 1.29 is 14.5 Å². The van der Waals surface area contributed by atoms with Crippen LogP contribution >= 0.6 is 0 Å². The number of benzene rings is 1. The van der Waals surface area contributed by atoms with Crippen molar-refractivity contribution in [3.8, 4) is 0 Å². The quantitative estimate of drug-likeness (QED) is 0.249. The number of esters is 1. The number of hydrogen-bond donors (Lipinski definition) is 0. The Kier molecular flexibility index (Phi) is 4.87. The number of hydrogen-bond acceptors (Lipinski definition) is 4. The molecule has 0 heterocycles. The minimum atomic E-state index is -0.479. The molecule has 0 aliphatic heterocycles. The summed E-state index contributed by atoms with van der Waals surface area (Å²) in [5.74, 6) is -0.479. The van der Waals surface area contributed by atoms with Crippen molar-refractivity contribution in [1.82, 2.24) is 0 Å². The smallest absolute Gasteiger partial charge is 0.330 e. The van der Waals surface area contributed by atoms with Gasteiger partial charge in [0.05, 0.1) is 11.5 Å². The lowest BCUT2D eigenvalue weighted by Gasteiger charge is -2.03. The Morgan fingerprint density at radius 1 is 1.47 bits per heavy atom. The fourth-order valence-corrected chi connectivity index (χ4v) is 1.39. The topological polar surface area (TPSA) is 69.4 Å². The lowest BCUT2D eigenvalue weighted by molar-refractivity contribution is -0.385. The van der Waals surface area contributed by atoms with E-state index in [2.05, 4.69) is 6.58 Å². The van der Waals surface area contributed by atoms with Gasteiger partial charge in [0.1, 0.15) is 0 Å². The van der Waals surface area contributed by atoms with Crippen LogP contribution < -0.4 is 0 Å². The molecule has 5 heteroatoms. The third-order valence-electron chi connectivity index (χ3n) is 2.19. The maximum absolute atomic E-state index is 10.7. The zero-order chi connectivity index (χ0) is 12.7. The molecule has 0 saturated carbocycles. The van der Waals surface area contributed by atoms with Gasteiger partial charge in [-0.3, -0.25) is 10.1 Å². The van der Waals surface area contributed by atoms with E-state index in [-0.39, 0.29) is 12.3 Å². The first-order valence-electron chi connectivity index (χ1n) is 5.16. The Balaban J connectivity index is 2.49. The van der Waals surface area contributed by atoms with Crippen molar-refractivity contribution in [3.63, 3.8) is 0 Å². The molecular weight excluding hydrogens is 222 g/mol. The first-order chi connectivity index (χ1) is 8.15. The van der Waals surface area contributed by atoms with E-state index in [1.165, 1.54) is 6.07 Å². The molecule has 0 unspecified atom stereocenters. The van der Waals surface area contributed by atoms with Gasteiger partial charge in [0.25, 0.3) is 5.69 Å². The van der Waals surface area contributed by atoms with Gasteiger partial charge >= 0.3 is 5.97 Å². The Labute approximate surface area is 98.9 Å². The first-order valence-corrected chi connectivity index (χ1v) is 5.16. The number of carbonyl (C=O) groups excluding carboxylic acids is 1. The highest BCUT2D eigenvalue weighted by Gasteiger charge is 2.11. The summed E-state index contributed by atoms with van der Waals surface area (Å²) in [4.78, 5) is 21.1. The Bertz CT molecular complexity index is 428. The van der Waals surface area contributed by atoms with Gasteiger partial charge in [-0.2, -0.15) is 0 Å². The number of nitro groups is 1. The zero-order valence-electron chi connectivity index (χ0n) is 9.30. The molecule has 0 aliphatic carbocycles. The van der Waals surface area contributed by atoms with E-state index < -0.39 is 10.9 Å². The van der Waals surface area contributed by atoms with Crippen LogP contribution in [0.5, 0.6) is 0 Å². The molecule has 1 aromatic rings. The van der Waals surface area contributed by atoms with E-state index in [0.29, 0.717) is 18.4 Å². The predicted octanol–water partition coefficient (Wildman–Crippen LogP) is 2.26. The summed E-state index contributed by atoms with van der Waals surface area (Å²) in [5.41, 5.74) is 0.745. The fraction of sp³-hybridized carbons (Fsp3) is 0.250. The lowest BCUT2D eigenvalue weighted by Crippen LogP contribution is -2.03. The molecule has 0 N–H and O–H groups in total. The molecule has 0 spiro atoms. The second-order valence-electron chi connectivity index (χ2n) is 3.36. The Morgan fingerprint density at radius 3 is 2.82 bits per heavy atom. The van der Waals surface area contributed by atoms with Gasteiger partial charge in [-0.15, -0.1) is 0 Å². The van der Waals surface area contributed by atoms with E-state index in [0.717, 1.165) is 6.08 Å². The van der Waals surface area contributed by atoms with E-state index in [4.69, 9.17) is 4.74 Å². The van der Waals surface area contributed by atoms with E-state index in [1.54, 1.807) is 18.2 Å². The van der Waals surface area contributed by atoms with E-state index in [1.807, 2.05) is 0 Å². The molecule has 1 rings (SSSR count). The number of rotatable bonds is 6. The summed E-state index contributed by atoms with van der Waals surface area (Å²) in [5, 5.41) is 10.7. The third-order valence-corrected chi connectivity index (χ3v) is 2.19. The van der Waals surface area contributed by atoms with Crippen LogP contribution in [0.1, 0.15) is 12.0 Å². The van der Waals surface area contributed by atoms with E-state index in [9.17, 15) is 14.9 Å². The summed E-state index contributed by atoms with van der Waals surface area (Å²) in [7, 11) is 0. The highest BCUT2D eigenvalue weighted by Crippen LogP contribution is 2.18. The van der Waals surface area contributed by atoms with Crippen molar-refractivity contribution in [2.75, 3.05) is 6.61 Å². The largest absolute Gasteiger partial charge is 0.463 e. The normalized spacial score (nSPS) is 9.65. The molecule has 0 amide bonds. The minimum absolute atomic E-state index is 0.0996. The van der Waals surface area contributed by atoms with Crippen LogP contribution in [-0.2, 0) is 16.0 Å². The average molecular weight is 235 g/mol. The van der Waals surface area contributed by atoms with Gasteiger partial charge in [-0.05, 0) is 12.8 Å². The van der Waals surface area contributed by atoms with Crippen LogP contribution in [0.3, 0.4) is 0 Å². The average Bonchev–Trinajstić information content (AvgIpc) is 2.34. The summed E-state index contributed by atoms with van der Waals surface area (Å²) >= 11 is 0. The number of para-hydroxylation sites is 1. The van der Waals surface area contributed by atoms with Crippen LogP contribution in [-0.4, -0.2) is 17.5 Å². The molecule has 0 atom stereocenters. The number of nitrogens with zero attached hydrogens (tertiary/aromatic N) is 1. The van der Waals surface area contributed by atoms with Crippen molar-refractivity contribution in [2.45, 2.75) is 12.8 Å². The van der Waals surface area contributed by atoms with Crippen molar-refractivity contribution in [1.29, 1.82) is 0 Å². The molecule has 0 aromatic heterocycles. The number of ether oxygens (including phenoxy) is 1. The molecule has 5 nitrogen and oxygen atoms in total. The summed E-state index contributed by atoms with van der Waals surface area (Å²) < 4.78 is 4.79. The van der Waals surface area contributed by atoms with Gasteiger partial charge in [0.2, 0.25) is 0 Å². The molecule has 0 bridgehead atoms. The van der Waals surface area contributed by atoms with Crippen molar-refractivity contribution in [2.24, 2.45) is 0 Å². The zero-order valence-corrected chi connectivity index (χ0v) is 9.30. The summed E-state index contributed by atoms with van der Waals surface area (Å²) in [6.45, 7) is 3.50. The number of carbonyl (C=O) groups is 1. The van der Waals surface area contributed by atoms with Crippen molar-refractivity contribution >= 4 is 11.7 Å². The Hall–Kier alpha value is -2.17. The van der Waals surface area contributed by atoms with Gasteiger partial charge in [-0.25, -0.2) is 4.79 Å². The molecule has 0 saturated heterocycles. The number of aryl methyl sites for hydroxylation is 1. The van der Waals surface area contributed by atoms with Crippen LogP contribution in [0.25, 0.3) is 0 Å². The van der Waals surface area contributed by atoms with Crippen LogP contribution in [0.4, 0.5) is 5.69 Å². The second kappa shape index (κ2) is 6.42. The summed E-state index contributed by atoms with van der Waals surface area (Å²) in [6.07, 6.45) is 2.14. The van der Waals surface area contributed by atoms with Crippen LogP contribution in [0.15, 0.2) is 36.9 Å². The van der Waals surface area contributed by atoms with Gasteiger partial charge < -0.3 is 4.74 Å². The molecule has 0 radical (unpaired) electrons. The minimum Gasteiger partial charge on any atom is -0.463 e. The van der Waals surface area contributed by atoms with Crippen LogP contribution in [0.2, 0.25) is 0 Å². The summed E-state index contributed by atoms with van der Waals surface area (Å²) in [6, 6.07) is 6.54. The maximum Gasteiger partial charge on any atom is 0.330 e. The fourth-order valence-electron chi connectivity index (χ4n) is 1.39. The molecule has 1 aromatic carbocycles. The Morgan fingerprint density at radius 2 is 2.18 bits per heavy atom. The van der Waals surface area contributed by atoms with Gasteiger partial charge in [0, 0.05) is 17.7 Å². The predicted molar refractivity (Wildman–Crippen MR) is 62.6 cm³/mol. The highest BCUT2D eigenvalue weighted by atomic mass is 16.6. The standard InChI is InChI=1S/C12H13NO4/c1-2-12(14)17-9-5-7-10-6-3-4-8-11(10)13(15)16/h2-4,6,8H,1,5,7,9H2. The van der Waals surface area contributed by atoms with E-state index >= 15 is 0 Å².